The second-order valence-electron chi connectivity index (χ2n) is 6.83. The van der Waals surface area contributed by atoms with Gasteiger partial charge in [-0.25, -0.2) is 0 Å². The standard InChI is InChI=1S/C18H24N2O4/c21-12-13-9-15-17(10-13)24-7-5-19(15)11-18(22)20-6-8-23-16-4-2-1-3-14(16)20/h1-4,13,15,17,21H,5-12H2/t13-,15+,17?/m1/s1. The molecule has 6 nitrogen and oxygen atoms in total. The SMILES string of the molecule is O=C(CN1CCOC2C[C@H](CO)C[C@@H]21)N1CCOc2ccccc21. The zero-order chi connectivity index (χ0) is 16.5. The fourth-order valence-electron chi connectivity index (χ4n) is 4.16. The van der Waals surface area contributed by atoms with Gasteiger partial charge in [-0.05, 0) is 30.9 Å². The van der Waals surface area contributed by atoms with E-state index in [1.165, 1.54) is 0 Å². The van der Waals surface area contributed by atoms with Crippen molar-refractivity contribution in [2.75, 3.05) is 44.4 Å². The lowest BCUT2D eigenvalue weighted by molar-refractivity contribution is -0.124. The Hall–Kier alpha value is -1.63. The number of morpholine rings is 1. The average molecular weight is 332 g/mol. The minimum Gasteiger partial charge on any atom is -0.490 e. The largest absolute Gasteiger partial charge is 0.490 e. The third-order valence-electron chi connectivity index (χ3n) is 5.38. The van der Waals surface area contributed by atoms with Crippen molar-refractivity contribution >= 4 is 11.6 Å². The Labute approximate surface area is 141 Å². The lowest BCUT2D eigenvalue weighted by atomic mass is 10.1. The van der Waals surface area contributed by atoms with Gasteiger partial charge < -0.3 is 19.5 Å². The zero-order valence-electron chi connectivity index (χ0n) is 13.8. The molecule has 4 rings (SSSR count). The number of anilines is 1. The summed E-state index contributed by atoms with van der Waals surface area (Å²) in [5.74, 6) is 1.18. The second-order valence-corrected chi connectivity index (χ2v) is 6.83. The van der Waals surface area contributed by atoms with Crippen LogP contribution in [0, 0.1) is 5.92 Å². The van der Waals surface area contributed by atoms with Crippen molar-refractivity contribution in [2.45, 2.75) is 25.0 Å². The maximum atomic E-state index is 12.9. The third-order valence-corrected chi connectivity index (χ3v) is 5.38. The smallest absolute Gasteiger partial charge is 0.241 e. The molecular weight excluding hydrogens is 308 g/mol. The topological polar surface area (TPSA) is 62.2 Å². The first-order valence-corrected chi connectivity index (χ1v) is 8.75. The molecule has 2 aliphatic heterocycles. The van der Waals surface area contributed by atoms with Gasteiger partial charge in [-0.2, -0.15) is 0 Å². The molecule has 24 heavy (non-hydrogen) atoms. The van der Waals surface area contributed by atoms with Gasteiger partial charge in [-0.1, -0.05) is 12.1 Å². The van der Waals surface area contributed by atoms with Crippen molar-refractivity contribution in [2.24, 2.45) is 5.92 Å². The number of aliphatic hydroxyl groups excluding tert-OH is 1. The number of para-hydroxylation sites is 2. The number of hydrogen-bond donors (Lipinski definition) is 1. The van der Waals surface area contributed by atoms with Crippen LogP contribution in [0.25, 0.3) is 0 Å². The van der Waals surface area contributed by atoms with E-state index in [2.05, 4.69) is 4.90 Å². The molecule has 130 valence electrons. The van der Waals surface area contributed by atoms with E-state index < -0.39 is 0 Å². The van der Waals surface area contributed by atoms with Crippen molar-refractivity contribution in [1.82, 2.24) is 4.90 Å². The highest BCUT2D eigenvalue weighted by Gasteiger charge is 2.41. The van der Waals surface area contributed by atoms with Gasteiger partial charge >= 0.3 is 0 Å². The number of ether oxygens (including phenoxy) is 2. The molecule has 1 aliphatic carbocycles. The molecular formula is C18H24N2O4. The van der Waals surface area contributed by atoms with Crippen LogP contribution in [0.4, 0.5) is 5.69 Å². The molecule has 1 saturated carbocycles. The average Bonchev–Trinajstić information content (AvgIpc) is 3.05. The highest BCUT2D eigenvalue weighted by atomic mass is 16.5. The number of rotatable bonds is 3. The first-order chi connectivity index (χ1) is 11.8. The number of fused-ring (bicyclic) bond motifs is 2. The van der Waals surface area contributed by atoms with Crippen molar-refractivity contribution in [3.8, 4) is 5.75 Å². The predicted octanol–water partition coefficient (Wildman–Crippen LogP) is 0.884. The van der Waals surface area contributed by atoms with Crippen molar-refractivity contribution < 1.29 is 19.4 Å². The summed E-state index contributed by atoms with van der Waals surface area (Å²) in [4.78, 5) is 17.0. The Morgan fingerprint density at radius 2 is 2.08 bits per heavy atom. The molecule has 3 atom stereocenters. The van der Waals surface area contributed by atoms with Crippen LogP contribution in [0.3, 0.4) is 0 Å². The summed E-state index contributed by atoms with van der Waals surface area (Å²) in [6.45, 7) is 3.16. The highest BCUT2D eigenvalue weighted by Crippen LogP contribution is 2.35. The molecule has 1 amide bonds. The molecule has 1 N–H and O–H groups in total. The minimum absolute atomic E-state index is 0.110. The first kappa shape index (κ1) is 15.9. The Kier molecular flexibility index (Phi) is 4.43. The summed E-state index contributed by atoms with van der Waals surface area (Å²) in [6, 6.07) is 7.94. The Balaban J connectivity index is 1.46. The van der Waals surface area contributed by atoms with Gasteiger partial charge in [0.15, 0.2) is 0 Å². The van der Waals surface area contributed by atoms with Crippen LogP contribution in [0.15, 0.2) is 24.3 Å². The fraction of sp³-hybridized carbons (Fsp3) is 0.611. The van der Waals surface area contributed by atoms with Crippen LogP contribution < -0.4 is 9.64 Å². The second kappa shape index (κ2) is 6.70. The summed E-state index contributed by atoms with van der Waals surface area (Å²) in [6.07, 6.45) is 1.96. The lowest BCUT2D eigenvalue weighted by Crippen LogP contribution is -2.53. The summed E-state index contributed by atoms with van der Waals surface area (Å²) in [5.41, 5.74) is 0.859. The maximum Gasteiger partial charge on any atom is 0.241 e. The molecule has 0 aromatic heterocycles. The highest BCUT2D eigenvalue weighted by molar-refractivity contribution is 5.96. The van der Waals surface area contributed by atoms with Gasteiger partial charge in [0.1, 0.15) is 12.4 Å². The van der Waals surface area contributed by atoms with Crippen molar-refractivity contribution in [3.63, 3.8) is 0 Å². The molecule has 1 aromatic carbocycles. The predicted molar refractivity (Wildman–Crippen MR) is 89.2 cm³/mol. The summed E-state index contributed by atoms with van der Waals surface area (Å²) in [7, 11) is 0. The van der Waals surface area contributed by atoms with Gasteiger partial charge in [-0.15, -0.1) is 0 Å². The molecule has 1 unspecified atom stereocenters. The van der Waals surface area contributed by atoms with Gasteiger partial charge in [0, 0.05) is 19.2 Å². The first-order valence-electron chi connectivity index (χ1n) is 8.75. The maximum absolute atomic E-state index is 12.9. The van der Waals surface area contributed by atoms with E-state index >= 15 is 0 Å². The van der Waals surface area contributed by atoms with Crippen LogP contribution in [0.1, 0.15) is 12.8 Å². The summed E-state index contributed by atoms with van der Waals surface area (Å²) < 4.78 is 11.5. The number of nitrogens with zero attached hydrogens (tertiary/aromatic N) is 2. The monoisotopic (exact) mass is 332 g/mol. The van der Waals surface area contributed by atoms with E-state index in [9.17, 15) is 9.90 Å². The molecule has 6 heteroatoms. The lowest BCUT2D eigenvalue weighted by Gasteiger charge is -2.38. The van der Waals surface area contributed by atoms with Crippen LogP contribution in [0.2, 0.25) is 0 Å². The van der Waals surface area contributed by atoms with Crippen LogP contribution >= 0.6 is 0 Å². The van der Waals surface area contributed by atoms with E-state index in [1.54, 1.807) is 0 Å². The van der Waals surface area contributed by atoms with Crippen LogP contribution in [0.5, 0.6) is 5.75 Å². The van der Waals surface area contributed by atoms with Gasteiger partial charge in [0.2, 0.25) is 5.91 Å². The number of hydrogen-bond acceptors (Lipinski definition) is 5. The minimum atomic E-state index is 0.110. The number of aliphatic hydroxyl groups is 1. The molecule has 1 saturated heterocycles. The van der Waals surface area contributed by atoms with E-state index in [4.69, 9.17) is 9.47 Å². The molecule has 2 heterocycles. The summed E-state index contributed by atoms with van der Waals surface area (Å²) in [5, 5.41) is 9.43. The number of amides is 1. The summed E-state index contributed by atoms with van der Waals surface area (Å²) >= 11 is 0. The number of carbonyl (C=O) groups is 1. The molecule has 0 radical (unpaired) electrons. The van der Waals surface area contributed by atoms with Gasteiger partial charge in [-0.3, -0.25) is 9.69 Å². The number of carbonyl (C=O) groups excluding carboxylic acids is 1. The van der Waals surface area contributed by atoms with E-state index in [0.717, 1.165) is 30.8 Å². The Morgan fingerprint density at radius 3 is 2.96 bits per heavy atom. The molecule has 2 fully saturated rings. The number of benzene rings is 1. The molecule has 0 bridgehead atoms. The quantitative estimate of drug-likeness (QED) is 0.890. The van der Waals surface area contributed by atoms with E-state index in [-0.39, 0.29) is 24.7 Å². The van der Waals surface area contributed by atoms with E-state index in [1.807, 2.05) is 29.2 Å². The van der Waals surface area contributed by atoms with Gasteiger partial charge in [0.05, 0.1) is 31.5 Å². The zero-order valence-corrected chi connectivity index (χ0v) is 13.8. The van der Waals surface area contributed by atoms with Crippen LogP contribution in [-0.4, -0.2) is 67.5 Å². The van der Waals surface area contributed by atoms with Crippen molar-refractivity contribution in [1.29, 1.82) is 0 Å². The normalized spacial score (nSPS) is 29.7. The molecule has 0 spiro atoms. The van der Waals surface area contributed by atoms with E-state index in [0.29, 0.717) is 32.2 Å². The molecule has 3 aliphatic rings. The Morgan fingerprint density at radius 1 is 1.21 bits per heavy atom. The third kappa shape index (κ3) is 2.90. The fourth-order valence-corrected chi connectivity index (χ4v) is 4.16. The Bertz CT molecular complexity index is 608. The van der Waals surface area contributed by atoms with Crippen molar-refractivity contribution in [3.05, 3.63) is 24.3 Å². The van der Waals surface area contributed by atoms with Gasteiger partial charge in [0.25, 0.3) is 0 Å². The van der Waals surface area contributed by atoms with Crippen LogP contribution in [-0.2, 0) is 9.53 Å². The molecule has 1 aromatic rings.